The van der Waals surface area contributed by atoms with E-state index >= 15 is 0 Å². The molecule has 0 bridgehead atoms. The van der Waals surface area contributed by atoms with Gasteiger partial charge in [0, 0.05) is 17.1 Å². The van der Waals surface area contributed by atoms with Crippen molar-refractivity contribution in [1.82, 2.24) is 9.97 Å². The van der Waals surface area contributed by atoms with E-state index in [9.17, 15) is 4.79 Å². The minimum atomic E-state index is -0.293. The number of aryl methyl sites for hydroxylation is 1. The third-order valence-corrected chi connectivity index (χ3v) is 3.93. The fraction of sp³-hybridized carbons (Fsp3) is 0.267. The number of nitrogens with one attached hydrogen (secondary N) is 1. The van der Waals surface area contributed by atoms with Gasteiger partial charge in [0.15, 0.2) is 0 Å². The van der Waals surface area contributed by atoms with Crippen molar-refractivity contribution in [1.29, 1.82) is 0 Å². The van der Waals surface area contributed by atoms with Gasteiger partial charge in [-0.15, -0.1) is 0 Å². The molecule has 21 heavy (non-hydrogen) atoms. The van der Waals surface area contributed by atoms with Gasteiger partial charge in [0.1, 0.15) is 5.82 Å². The van der Waals surface area contributed by atoms with Gasteiger partial charge in [-0.2, -0.15) is 0 Å². The highest BCUT2D eigenvalue weighted by molar-refractivity contribution is 6.35. The Morgan fingerprint density at radius 1 is 1.33 bits per heavy atom. The number of carbonyl (C=O) groups excluding carboxylic acids is 1. The number of halogens is 2. The van der Waals surface area contributed by atoms with Gasteiger partial charge in [-0.05, 0) is 38.0 Å². The largest absolute Gasteiger partial charge is 0.320 e. The van der Waals surface area contributed by atoms with Gasteiger partial charge >= 0.3 is 0 Å². The molecule has 1 heterocycles. The summed E-state index contributed by atoms with van der Waals surface area (Å²) >= 11 is 11.9. The van der Waals surface area contributed by atoms with E-state index < -0.39 is 0 Å². The Balaban J connectivity index is 1.83. The van der Waals surface area contributed by atoms with Crippen LogP contribution in [0.1, 0.15) is 40.6 Å². The fourth-order valence-electron chi connectivity index (χ4n) is 2.03. The van der Waals surface area contributed by atoms with E-state index in [1.807, 2.05) is 6.92 Å². The van der Waals surface area contributed by atoms with Crippen molar-refractivity contribution >= 4 is 34.8 Å². The maximum Gasteiger partial charge on any atom is 0.259 e. The van der Waals surface area contributed by atoms with Gasteiger partial charge in [-0.3, -0.25) is 4.79 Å². The van der Waals surface area contributed by atoms with E-state index in [-0.39, 0.29) is 5.91 Å². The first-order valence-electron chi connectivity index (χ1n) is 6.64. The lowest BCUT2D eigenvalue weighted by Gasteiger charge is -2.09. The molecule has 3 rings (SSSR count). The Labute approximate surface area is 132 Å². The number of rotatable bonds is 3. The van der Waals surface area contributed by atoms with Crippen LogP contribution < -0.4 is 5.32 Å². The van der Waals surface area contributed by atoms with Crippen LogP contribution in [0.25, 0.3) is 0 Å². The molecule has 108 valence electrons. The Kier molecular flexibility index (Phi) is 3.83. The number of benzene rings is 1. The van der Waals surface area contributed by atoms with Crippen molar-refractivity contribution in [2.75, 3.05) is 5.32 Å². The molecule has 1 N–H and O–H groups in total. The van der Waals surface area contributed by atoms with Gasteiger partial charge in [-0.1, -0.05) is 23.2 Å². The molecule has 0 spiro atoms. The average Bonchev–Trinajstić information content (AvgIpc) is 3.27. The third kappa shape index (κ3) is 3.17. The summed E-state index contributed by atoms with van der Waals surface area (Å²) in [4.78, 5) is 21.0. The molecule has 1 saturated carbocycles. The standard InChI is InChI=1S/C15H13Cl2N3O/c1-8-11(7-18-14(19-8)9-2-3-9)15(21)20-13-6-10(16)4-5-12(13)17/h4-7,9H,2-3H2,1H3,(H,20,21). The van der Waals surface area contributed by atoms with Crippen LogP contribution in [-0.2, 0) is 0 Å². The molecule has 1 aliphatic rings. The number of carbonyl (C=O) groups is 1. The van der Waals surface area contributed by atoms with E-state index in [4.69, 9.17) is 23.2 Å². The molecule has 0 atom stereocenters. The lowest BCUT2D eigenvalue weighted by Crippen LogP contribution is -2.15. The Morgan fingerprint density at radius 2 is 2.10 bits per heavy atom. The molecule has 1 aromatic heterocycles. The Hall–Kier alpha value is -1.65. The van der Waals surface area contributed by atoms with Crippen molar-refractivity contribution in [3.8, 4) is 0 Å². The Bertz CT molecular complexity index is 714. The molecule has 0 unspecified atom stereocenters. The highest BCUT2D eigenvalue weighted by Gasteiger charge is 2.27. The predicted molar refractivity (Wildman–Crippen MR) is 83.2 cm³/mol. The van der Waals surface area contributed by atoms with Gasteiger partial charge in [0.05, 0.1) is 22.0 Å². The summed E-state index contributed by atoms with van der Waals surface area (Å²) in [6, 6.07) is 4.91. The smallest absolute Gasteiger partial charge is 0.259 e. The number of nitrogens with zero attached hydrogens (tertiary/aromatic N) is 2. The summed E-state index contributed by atoms with van der Waals surface area (Å²) in [5, 5.41) is 3.67. The fourth-order valence-corrected chi connectivity index (χ4v) is 2.37. The second-order valence-electron chi connectivity index (χ2n) is 5.08. The van der Waals surface area contributed by atoms with E-state index in [1.165, 1.54) is 0 Å². The number of hydrogen-bond donors (Lipinski definition) is 1. The van der Waals surface area contributed by atoms with Crippen LogP contribution in [0.4, 0.5) is 5.69 Å². The van der Waals surface area contributed by atoms with Crippen molar-refractivity contribution in [3.63, 3.8) is 0 Å². The van der Waals surface area contributed by atoms with Crippen LogP contribution in [0.2, 0.25) is 10.0 Å². The molecule has 2 aromatic rings. The van der Waals surface area contributed by atoms with Crippen LogP contribution in [0, 0.1) is 6.92 Å². The van der Waals surface area contributed by atoms with Crippen molar-refractivity contribution in [2.24, 2.45) is 0 Å². The molecule has 1 aliphatic carbocycles. The van der Waals surface area contributed by atoms with E-state index in [0.717, 1.165) is 18.7 Å². The molecule has 1 aromatic carbocycles. The summed E-state index contributed by atoms with van der Waals surface area (Å²) in [5.74, 6) is 0.993. The average molecular weight is 322 g/mol. The first-order valence-corrected chi connectivity index (χ1v) is 7.40. The second kappa shape index (κ2) is 5.62. The highest BCUT2D eigenvalue weighted by atomic mass is 35.5. The molecular formula is C15H13Cl2N3O. The summed E-state index contributed by atoms with van der Waals surface area (Å²) in [6.07, 6.45) is 3.83. The first kappa shape index (κ1) is 14.3. The van der Waals surface area contributed by atoms with Crippen LogP contribution in [-0.4, -0.2) is 15.9 Å². The second-order valence-corrected chi connectivity index (χ2v) is 5.92. The lowest BCUT2D eigenvalue weighted by molar-refractivity contribution is 0.102. The predicted octanol–water partition coefficient (Wildman–Crippen LogP) is 4.22. The monoisotopic (exact) mass is 321 g/mol. The topological polar surface area (TPSA) is 54.9 Å². The first-order chi connectivity index (χ1) is 10.0. The zero-order valence-electron chi connectivity index (χ0n) is 11.4. The number of aromatic nitrogens is 2. The normalized spacial score (nSPS) is 14.0. The molecule has 0 radical (unpaired) electrons. The highest BCUT2D eigenvalue weighted by Crippen LogP contribution is 2.38. The zero-order valence-corrected chi connectivity index (χ0v) is 12.9. The Morgan fingerprint density at radius 3 is 2.76 bits per heavy atom. The molecular weight excluding hydrogens is 309 g/mol. The minimum Gasteiger partial charge on any atom is -0.320 e. The van der Waals surface area contributed by atoms with E-state index in [1.54, 1.807) is 24.4 Å². The van der Waals surface area contributed by atoms with Crippen LogP contribution >= 0.6 is 23.2 Å². The van der Waals surface area contributed by atoms with Gasteiger partial charge in [0.2, 0.25) is 0 Å². The number of amides is 1. The molecule has 0 aliphatic heterocycles. The summed E-state index contributed by atoms with van der Waals surface area (Å²) < 4.78 is 0. The molecule has 1 fully saturated rings. The summed E-state index contributed by atoms with van der Waals surface area (Å²) in [7, 11) is 0. The van der Waals surface area contributed by atoms with Gasteiger partial charge < -0.3 is 5.32 Å². The summed E-state index contributed by atoms with van der Waals surface area (Å²) in [6.45, 7) is 1.81. The lowest BCUT2D eigenvalue weighted by atomic mass is 10.2. The SMILES string of the molecule is Cc1nc(C2CC2)ncc1C(=O)Nc1cc(Cl)ccc1Cl. The van der Waals surface area contributed by atoms with Crippen molar-refractivity contribution < 1.29 is 4.79 Å². The maximum atomic E-state index is 12.3. The van der Waals surface area contributed by atoms with Crippen molar-refractivity contribution in [2.45, 2.75) is 25.7 Å². The minimum absolute atomic E-state index is 0.293. The molecule has 6 heteroatoms. The van der Waals surface area contributed by atoms with Crippen LogP contribution in [0.3, 0.4) is 0 Å². The molecule has 4 nitrogen and oxygen atoms in total. The van der Waals surface area contributed by atoms with Crippen molar-refractivity contribution in [3.05, 3.63) is 51.5 Å². The third-order valence-electron chi connectivity index (χ3n) is 3.36. The van der Waals surface area contributed by atoms with E-state index in [0.29, 0.717) is 32.9 Å². The molecule has 1 amide bonds. The van der Waals surface area contributed by atoms with Crippen LogP contribution in [0.5, 0.6) is 0 Å². The van der Waals surface area contributed by atoms with Crippen LogP contribution in [0.15, 0.2) is 24.4 Å². The summed E-state index contributed by atoms with van der Waals surface area (Å²) in [5.41, 5.74) is 1.58. The zero-order chi connectivity index (χ0) is 15.0. The quantitative estimate of drug-likeness (QED) is 0.920. The van der Waals surface area contributed by atoms with Gasteiger partial charge in [-0.25, -0.2) is 9.97 Å². The maximum absolute atomic E-state index is 12.3. The molecule has 0 saturated heterocycles. The van der Waals surface area contributed by atoms with E-state index in [2.05, 4.69) is 15.3 Å². The number of hydrogen-bond acceptors (Lipinski definition) is 3. The van der Waals surface area contributed by atoms with Gasteiger partial charge in [0.25, 0.3) is 5.91 Å². The number of anilines is 1.